The fraction of sp³-hybridized carbons (Fsp3) is 0.0667. The Hall–Kier alpha value is -3.02. The van der Waals surface area contributed by atoms with Gasteiger partial charge >= 0.3 is 5.97 Å². The van der Waals surface area contributed by atoms with E-state index in [4.69, 9.17) is 5.73 Å². The zero-order chi connectivity index (χ0) is 15.4. The van der Waals surface area contributed by atoms with E-state index in [-0.39, 0.29) is 17.2 Å². The number of benzene rings is 2. The average Bonchev–Trinajstić information content (AvgIpc) is 2.49. The van der Waals surface area contributed by atoms with E-state index in [1.54, 1.807) is 24.3 Å². The summed E-state index contributed by atoms with van der Waals surface area (Å²) in [6.07, 6.45) is 0. The number of anilines is 2. The van der Waals surface area contributed by atoms with E-state index in [0.717, 1.165) is 0 Å². The third-order valence-corrected chi connectivity index (χ3v) is 2.83. The number of nitrogens with two attached hydrogens (primary N) is 1. The number of nitrogen functional groups attached to an aromatic ring is 1. The fourth-order valence-corrected chi connectivity index (χ4v) is 1.73. The van der Waals surface area contributed by atoms with Crippen molar-refractivity contribution in [3.8, 4) is 5.75 Å². The van der Waals surface area contributed by atoms with Gasteiger partial charge in [0, 0.05) is 16.9 Å². The number of amides is 1. The number of hydrogen-bond donors (Lipinski definition) is 3. The standard InChI is InChI=1S/C15H14N2O4/c1-21-15(20)12-8-11(6-7-13(12)18)17-14(19)9-2-4-10(16)5-3-9/h2-8,18H,16H2,1H3,(H,17,19). The van der Waals surface area contributed by atoms with Crippen LogP contribution in [-0.2, 0) is 4.74 Å². The van der Waals surface area contributed by atoms with Crippen LogP contribution in [-0.4, -0.2) is 24.1 Å². The monoisotopic (exact) mass is 286 g/mol. The molecule has 108 valence electrons. The van der Waals surface area contributed by atoms with Crippen molar-refractivity contribution >= 4 is 23.3 Å². The molecule has 0 radical (unpaired) electrons. The molecule has 0 bridgehead atoms. The number of ether oxygens (including phenoxy) is 1. The summed E-state index contributed by atoms with van der Waals surface area (Å²) in [6.45, 7) is 0. The highest BCUT2D eigenvalue weighted by atomic mass is 16.5. The van der Waals surface area contributed by atoms with Crippen LogP contribution in [0.5, 0.6) is 5.75 Å². The van der Waals surface area contributed by atoms with Crippen LogP contribution in [0, 0.1) is 0 Å². The Bertz CT molecular complexity index is 681. The second-order valence-electron chi connectivity index (χ2n) is 4.30. The molecule has 0 spiro atoms. The normalized spacial score (nSPS) is 9.95. The lowest BCUT2D eigenvalue weighted by atomic mass is 10.1. The van der Waals surface area contributed by atoms with Crippen molar-refractivity contribution in [3.05, 3.63) is 53.6 Å². The molecule has 6 heteroatoms. The molecular weight excluding hydrogens is 272 g/mol. The van der Waals surface area contributed by atoms with Crippen molar-refractivity contribution in [1.29, 1.82) is 0 Å². The van der Waals surface area contributed by atoms with Crippen LogP contribution < -0.4 is 11.1 Å². The van der Waals surface area contributed by atoms with Crippen molar-refractivity contribution < 1.29 is 19.4 Å². The molecule has 2 aromatic carbocycles. The Morgan fingerprint density at radius 3 is 2.43 bits per heavy atom. The molecule has 0 unspecified atom stereocenters. The molecule has 6 nitrogen and oxygen atoms in total. The largest absolute Gasteiger partial charge is 0.507 e. The molecule has 0 aliphatic rings. The van der Waals surface area contributed by atoms with Gasteiger partial charge < -0.3 is 20.9 Å². The molecule has 0 heterocycles. The molecule has 0 aromatic heterocycles. The Morgan fingerprint density at radius 2 is 1.81 bits per heavy atom. The number of carbonyl (C=O) groups excluding carboxylic acids is 2. The quantitative estimate of drug-likeness (QED) is 0.455. The Kier molecular flexibility index (Phi) is 4.08. The molecule has 0 saturated heterocycles. The van der Waals surface area contributed by atoms with Crippen LogP contribution in [0.4, 0.5) is 11.4 Å². The Labute approximate surface area is 121 Å². The number of methoxy groups -OCH3 is 1. The van der Waals surface area contributed by atoms with E-state index in [9.17, 15) is 14.7 Å². The highest BCUT2D eigenvalue weighted by molar-refractivity contribution is 6.05. The lowest BCUT2D eigenvalue weighted by Gasteiger charge is -2.08. The summed E-state index contributed by atoms with van der Waals surface area (Å²) < 4.78 is 4.55. The molecule has 4 N–H and O–H groups in total. The van der Waals surface area contributed by atoms with E-state index in [1.807, 2.05) is 0 Å². The van der Waals surface area contributed by atoms with E-state index in [2.05, 4.69) is 10.1 Å². The van der Waals surface area contributed by atoms with Gasteiger partial charge in [0.2, 0.25) is 0 Å². The number of hydrogen-bond acceptors (Lipinski definition) is 5. The molecule has 0 saturated carbocycles. The lowest BCUT2D eigenvalue weighted by molar-refractivity contribution is 0.0597. The number of nitrogens with one attached hydrogen (secondary N) is 1. The van der Waals surface area contributed by atoms with Crippen LogP contribution in [0.25, 0.3) is 0 Å². The average molecular weight is 286 g/mol. The van der Waals surface area contributed by atoms with Gasteiger partial charge in [-0.3, -0.25) is 4.79 Å². The van der Waals surface area contributed by atoms with Gasteiger partial charge in [-0.05, 0) is 42.5 Å². The van der Waals surface area contributed by atoms with Gasteiger partial charge in [-0.25, -0.2) is 4.79 Å². The van der Waals surface area contributed by atoms with Crippen LogP contribution in [0.1, 0.15) is 20.7 Å². The van der Waals surface area contributed by atoms with Crippen molar-refractivity contribution in [2.45, 2.75) is 0 Å². The zero-order valence-electron chi connectivity index (χ0n) is 11.3. The number of aromatic hydroxyl groups is 1. The van der Waals surface area contributed by atoms with Gasteiger partial charge in [0.25, 0.3) is 5.91 Å². The summed E-state index contributed by atoms with van der Waals surface area (Å²) in [4.78, 5) is 23.5. The van der Waals surface area contributed by atoms with E-state index < -0.39 is 5.97 Å². The number of phenols is 1. The van der Waals surface area contributed by atoms with Gasteiger partial charge in [0.05, 0.1) is 7.11 Å². The van der Waals surface area contributed by atoms with E-state index >= 15 is 0 Å². The van der Waals surface area contributed by atoms with Crippen LogP contribution in [0.2, 0.25) is 0 Å². The first-order valence-electron chi connectivity index (χ1n) is 6.09. The summed E-state index contributed by atoms with van der Waals surface area (Å²) in [5, 5.41) is 12.2. The predicted octanol–water partition coefficient (Wildman–Crippen LogP) is 2.01. The smallest absolute Gasteiger partial charge is 0.341 e. The lowest BCUT2D eigenvalue weighted by Crippen LogP contribution is -2.12. The third kappa shape index (κ3) is 3.30. The van der Waals surface area contributed by atoms with Crippen LogP contribution in [0.15, 0.2) is 42.5 Å². The molecule has 0 atom stereocenters. The summed E-state index contributed by atoms with van der Waals surface area (Å²) in [6, 6.07) is 10.5. The maximum atomic E-state index is 12.0. The SMILES string of the molecule is COC(=O)c1cc(NC(=O)c2ccc(N)cc2)ccc1O. The molecule has 2 rings (SSSR count). The number of carbonyl (C=O) groups is 2. The summed E-state index contributed by atoms with van der Waals surface area (Å²) in [7, 11) is 1.21. The highest BCUT2D eigenvalue weighted by Gasteiger charge is 2.13. The minimum absolute atomic E-state index is 0.0207. The van der Waals surface area contributed by atoms with Crippen LogP contribution >= 0.6 is 0 Å². The maximum absolute atomic E-state index is 12.0. The fourth-order valence-electron chi connectivity index (χ4n) is 1.73. The molecule has 0 fully saturated rings. The topological polar surface area (TPSA) is 102 Å². The van der Waals surface area contributed by atoms with Gasteiger partial charge in [0.15, 0.2) is 0 Å². The molecule has 0 aliphatic carbocycles. The minimum atomic E-state index is -0.684. The van der Waals surface area contributed by atoms with E-state index in [1.165, 1.54) is 25.3 Å². The van der Waals surface area contributed by atoms with Crippen molar-refractivity contribution in [1.82, 2.24) is 0 Å². The maximum Gasteiger partial charge on any atom is 0.341 e. The second kappa shape index (κ2) is 5.96. The summed E-state index contributed by atoms with van der Waals surface area (Å²) >= 11 is 0. The summed E-state index contributed by atoms with van der Waals surface area (Å²) in [5.41, 5.74) is 6.89. The molecule has 0 aliphatic heterocycles. The molecule has 1 amide bonds. The van der Waals surface area contributed by atoms with Crippen molar-refractivity contribution in [2.24, 2.45) is 0 Å². The first-order valence-corrected chi connectivity index (χ1v) is 6.09. The minimum Gasteiger partial charge on any atom is -0.507 e. The molecule has 21 heavy (non-hydrogen) atoms. The van der Waals surface area contributed by atoms with Crippen LogP contribution in [0.3, 0.4) is 0 Å². The van der Waals surface area contributed by atoms with Crippen molar-refractivity contribution in [3.63, 3.8) is 0 Å². The van der Waals surface area contributed by atoms with Gasteiger partial charge in [0.1, 0.15) is 11.3 Å². The number of esters is 1. The second-order valence-corrected chi connectivity index (χ2v) is 4.30. The predicted molar refractivity (Wildman–Crippen MR) is 78.3 cm³/mol. The van der Waals surface area contributed by atoms with E-state index in [0.29, 0.717) is 16.9 Å². The molecule has 2 aromatic rings. The third-order valence-electron chi connectivity index (χ3n) is 2.83. The Morgan fingerprint density at radius 1 is 1.14 bits per heavy atom. The van der Waals surface area contributed by atoms with Gasteiger partial charge in [-0.1, -0.05) is 0 Å². The number of phenolic OH excluding ortho intramolecular Hbond substituents is 1. The first-order chi connectivity index (χ1) is 10.0. The summed E-state index contributed by atoms with van der Waals surface area (Å²) in [5.74, 6) is -1.25. The Balaban J connectivity index is 2.21. The van der Waals surface area contributed by atoms with Gasteiger partial charge in [-0.15, -0.1) is 0 Å². The zero-order valence-corrected chi connectivity index (χ0v) is 11.3. The molecular formula is C15H14N2O4. The number of rotatable bonds is 3. The first kappa shape index (κ1) is 14.4. The van der Waals surface area contributed by atoms with Crippen molar-refractivity contribution in [2.75, 3.05) is 18.2 Å². The van der Waals surface area contributed by atoms with Gasteiger partial charge in [-0.2, -0.15) is 0 Å². The highest BCUT2D eigenvalue weighted by Crippen LogP contribution is 2.22.